The first-order chi connectivity index (χ1) is 7.97. The summed E-state index contributed by atoms with van der Waals surface area (Å²) >= 11 is 0. The molecule has 0 fully saturated rings. The van der Waals surface area contributed by atoms with E-state index in [-0.39, 0.29) is 18.0 Å². The second kappa shape index (κ2) is 6.12. The summed E-state index contributed by atoms with van der Waals surface area (Å²) in [5, 5.41) is 0. The van der Waals surface area contributed by atoms with Gasteiger partial charge in [-0.15, -0.1) is 0 Å². The van der Waals surface area contributed by atoms with Crippen LogP contribution in [-0.2, 0) is 4.74 Å². The molecular weight excluding hydrogens is 217 g/mol. The highest BCUT2D eigenvalue weighted by Crippen LogP contribution is 2.24. The number of aryl methyl sites for hydroxylation is 1. The van der Waals surface area contributed by atoms with Crippen LogP contribution in [0.1, 0.15) is 37.9 Å². The van der Waals surface area contributed by atoms with Crippen molar-refractivity contribution in [2.24, 2.45) is 11.7 Å². The van der Waals surface area contributed by atoms with Gasteiger partial charge in [0.2, 0.25) is 0 Å². The van der Waals surface area contributed by atoms with Gasteiger partial charge in [-0.3, -0.25) is 0 Å². The van der Waals surface area contributed by atoms with Gasteiger partial charge in [-0.05, 0) is 37.0 Å². The van der Waals surface area contributed by atoms with Gasteiger partial charge in [0.25, 0.3) is 0 Å². The van der Waals surface area contributed by atoms with Gasteiger partial charge in [0, 0.05) is 6.61 Å². The van der Waals surface area contributed by atoms with Crippen LogP contribution in [0, 0.1) is 18.7 Å². The SMILES string of the molecule is CCOC(C(C)C)C(N)c1ccc(F)c(C)c1. The molecule has 3 heteroatoms. The number of rotatable bonds is 5. The van der Waals surface area contributed by atoms with E-state index in [1.165, 1.54) is 6.07 Å². The van der Waals surface area contributed by atoms with Gasteiger partial charge in [-0.2, -0.15) is 0 Å². The highest BCUT2D eigenvalue weighted by Gasteiger charge is 2.23. The second-order valence-corrected chi connectivity index (χ2v) is 4.70. The van der Waals surface area contributed by atoms with Crippen molar-refractivity contribution >= 4 is 0 Å². The number of hydrogen-bond donors (Lipinski definition) is 1. The zero-order valence-corrected chi connectivity index (χ0v) is 11.0. The predicted octanol–water partition coefficient (Wildman–Crippen LogP) is 3.20. The maximum absolute atomic E-state index is 13.2. The van der Waals surface area contributed by atoms with E-state index in [0.29, 0.717) is 18.1 Å². The summed E-state index contributed by atoms with van der Waals surface area (Å²) in [6.45, 7) is 8.50. The van der Waals surface area contributed by atoms with Gasteiger partial charge in [0.05, 0.1) is 12.1 Å². The average Bonchev–Trinajstić information content (AvgIpc) is 2.28. The van der Waals surface area contributed by atoms with Crippen molar-refractivity contribution in [2.45, 2.75) is 39.8 Å². The van der Waals surface area contributed by atoms with Gasteiger partial charge in [0.15, 0.2) is 0 Å². The summed E-state index contributed by atoms with van der Waals surface area (Å²) in [5.74, 6) is 0.133. The monoisotopic (exact) mass is 239 g/mol. The lowest BCUT2D eigenvalue weighted by Gasteiger charge is -2.27. The Kier molecular flexibility index (Phi) is 5.09. The quantitative estimate of drug-likeness (QED) is 0.856. The highest BCUT2D eigenvalue weighted by molar-refractivity contribution is 5.27. The third kappa shape index (κ3) is 3.51. The summed E-state index contributed by atoms with van der Waals surface area (Å²) in [6, 6.07) is 4.79. The zero-order chi connectivity index (χ0) is 13.0. The van der Waals surface area contributed by atoms with Crippen LogP contribution in [0.5, 0.6) is 0 Å². The van der Waals surface area contributed by atoms with E-state index in [9.17, 15) is 4.39 Å². The smallest absolute Gasteiger partial charge is 0.126 e. The van der Waals surface area contributed by atoms with Crippen LogP contribution >= 0.6 is 0 Å². The van der Waals surface area contributed by atoms with Crippen molar-refractivity contribution < 1.29 is 9.13 Å². The topological polar surface area (TPSA) is 35.2 Å². The Morgan fingerprint density at radius 3 is 2.47 bits per heavy atom. The first-order valence-electron chi connectivity index (χ1n) is 6.10. The molecule has 0 aliphatic carbocycles. The van der Waals surface area contributed by atoms with Gasteiger partial charge in [-0.25, -0.2) is 4.39 Å². The van der Waals surface area contributed by atoms with E-state index < -0.39 is 0 Å². The average molecular weight is 239 g/mol. The molecule has 0 radical (unpaired) electrons. The van der Waals surface area contributed by atoms with Crippen molar-refractivity contribution in [2.75, 3.05) is 6.61 Å². The lowest BCUT2D eigenvalue weighted by molar-refractivity contribution is 0.0121. The normalized spacial score (nSPS) is 15.0. The summed E-state index contributed by atoms with van der Waals surface area (Å²) in [6.07, 6.45) is -0.0372. The molecule has 2 unspecified atom stereocenters. The number of hydrogen-bond acceptors (Lipinski definition) is 2. The van der Waals surface area contributed by atoms with Crippen LogP contribution in [0.3, 0.4) is 0 Å². The summed E-state index contributed by atoms with van der Waals surface area (Å²) in [4.78, 5) is 0. The van der Waals surface area contributed by atoms with Crippen LogP contribution in [0.4, 0.5) is 4.39 Å². The molecule has 17 heavy (non-hydrogen) atoms. The van der Waals surface area contributed by atoms with Crippen molar-refractivity contribution in [3.05, 3.63) is 35.1 Å². The lowest BCUT2D eigenvalue weighted by Crippen LogP contribution is -2.33. The maximum atomic E-state index is 13.2. The van der Waals surface area contributed by atoms with Crippen LogP contribution in [0.25, 0.3) is 0 Å². The minimum atomic E-state index is -0.214. The fraction of sp³-hybridized carbons (Fsp3) is 0.571. The van der Waals surface area contributed by atoms with Crippen LogP contribution in [-0.4, -0.2) is 12.7 Å². The highest BCUT2D eigenvalue weighted by atomic mass is 19.1. The van der Waals surface area contributed by atoms with Crippen molar-refractivity contribution in [3.8, 4) is 0 Å². The molecule has 1 aromatic carbocycles. The minimum Gasteiger partial charge on any atom is -0.376 e. The summed E-state index contributed by atoms with van der Waals surface area (Å²) in [7, 11) is 0. The summed E-state index contributed by atoms with van der Waals surface area (Å²) < 4.78 is 18.9. The number of nitrogens with two attached hydrogens (primary N) is 1. The molecule has 0 spiro atoms. The molecule has 0 aromatic heterocycles. The number of benzene rings is 1. The maximum Gasteiger partial charge on any atom is 0.126 e. The predicted molar refractivity (Wildman–Crippen MR) is 68.3 cm³/mol. The first kappa shape index (κ1) is 14.1. The molecular formula is C14H22FNO. The van der Waals surface area contributed by atoms with Crippen molar-refractivity contribution in [1.82, 2.24) is 0 Å². The fourth-order valence-corrected chi connectivity index (χ4v) is 1.97. The zero-order valence-electron chi connectivity index (χ0n) is 11.0. The molecule has 2 atom stereocenters. The standard InChI is InChI=1S/C14H22FNO/c1-5-17-14(9(2)3)13(16)11-6-7-12(15)10(4)8-11/h6-9,13-14H,5,16H2,1-4H3. The minimum absolute atomic E-state index is 0.0372. The van der Waals surface area contributed by atoms with Gasteiger partial charge >= 0.3 is 0 Å². The van der Waals surface area contributed by atoms with Crippen molar-refractivity contribution in [3.63, 3.8) is 0 Å². The molecule has 96 valence electrons. The van der Waals surface area contributed by atoms with Crippen LogP contribution in [0.15, 0.2) is 18.2 Å². The summed E-state index contributed by atoms with van der Waals surface area (Å²) in [5.41, 5.74) is 7.75. The molecule has 1 aromatic rings. The molecule has 2 nitrogen and oxygen atoms in total. The molecule has 0 amide bonds. The first-order valence-corrected chi connectivity index (χ1v) is 6.10. The Labute approximate surface area is 103 Å². The lowest BCUT2D eigenvalue weighted by atomic mass is 9.93. The molecule has 0 saturated carbocycles. The number of ether oxygens (including phenoxy) is 1. The Morgan fingerprint density at radius 2 is 2.00 bits per heavy atom. The second-order valence-electron chi connectivity index (χ2n) is 4.70. The van der Waals surface area contributed by atoms with Gasteiger partial charge < -0.3 is 10.5 Å². The number of halogens is 1. The van der Waals surface area contributed by atoms with Crippen molar-refractivity contribution in [1.29, 1.82) is 0 Å². The molecule has 0 saturated heterocycles. The van der Waals surface area contributed by atoms with E-state index in [1.807, 2.05) is 6.92 Å². The Hall–Kier alpha value is -0.930. The Bertz CT molecular complexity index is 365. The Morgan fingerprint density at radius 1 is 1.35 bits per heavy atom. The van der Waals surface area contributed by atoms with Crippen LogP contribution < -0.4 is 5.73 Å². The fourth-order valence-electron chi connectivity index (χ4n) is 1.97. The molecule has 1 rings (SSSR count). The largest absolute Gasteiger partial charge is 0.376 e. The third-order valence-corrected chi connectivity index (χ3v) is 2.94. The van der Waals surface area contributed by atoms with Crippen LogP contribution in [0.2, 0.25) is 0 Å². The van der Waals surface area contributed by atoms with E-state index in [2.05, 4.69) is 13.8 Å². The van der Waals surface area contributed by atoms with E-state index in [1.54, 1.807) is 19.1 Å². The molecule has 0 bridgehead atoms. The Balaban J connectivity index is 2.92. The molecule has 0 aliphatic heterocycles. The molecule has 0 aliphatic rings. The molecule has 2 N–H and O–H groups in total. The van der Waals surface area contributed by atoms with E-state index >= 15 is 0 Å². The third-order valence-electron chi connectivity index (χ3n) is 2.94. The molecule has 0 heterocycles. The van der Waals surface area contributed by atoms with Gasteiger partial charge in [-0.1, -0.05) is 26.0 Å². The van der Waals surface area contributed by atoms with E-state index in [0.717, 1.165) is 5.56 Å². The van der Waals surface area contributed by atoms with E-state index in [4.69, 9.17) is 10.5 Å². The van der Waals surface area contributed by atoms with Gasteiger partial charge in [0.1, 0.15) is 5.82 Å².